The van der Waals surface area contributed by atoms with Gasteiger partial charge >= 0.3 is 0 Å². The van der Waals surface area contributed by atoms with Crippen LogP contribution >= 0.6 is 11.6 Å². The lowest BCUT2D eigenvalue weighted by Crippen LogP contribution is -2.46. The second-order valence-electron chi connectivity index (χ2n) is 8.36. The third-order valence-corrected chi connectivity index (χ3v) is 6.63. The smallest absolute Gasteiger partial charge is 0.251 e. The molecule has 2 aliphatic heterocycles. The lowest BCUT2D eigenvalue weighted by molar-refractivity contribution is -0.123. The summed E-state index contributed by atoms with van der Waals surface area (Å²) in [6.45, 7) is 4.24. The molecule has 2 aromatic carbocycles. The molecule has 0 N–H and O–H groups in total. The van der Waals surface area contributed by atoms with E-state index >= 15 is 0 Å². The highest BCUT2D eigenvalue weighted by atomic mass is 35.5. The number of hydrogen-bond acceptors (Lipinski definition) is 4. The number of carbonyl (C=O) groups excluding carboxylic acids is 2. The van der Waals surface area contributed by atoms with E-state index in [4.69, 9.17) is 16.3 Å². The predicted octanol–water partition coefficient (Wildman–Crippen LogP) is 4.72. The van der Waals surface area contributed by atoms with Crippen LogP contribution in [0.4, 0.5) is 5.69 Å². The van der Waals surface area contributed by atoms with Gasteiger partial charge in [0.25, 0.3) is 5.91 Å². The van der Waals surface area contributed by atoms with Gasteiger partial charge in [0.15, 0.2) is 0 Å². The molecule has 1 unspecified atom stereocenters. The van der Waals surface area contributed by atoms with Crippen molar-refractivity contribution in [3.05, 3.63) is 59.1 Å². The molecule has 0 bridgehead atoms. The normalized spacial score (nSPS) is 20.5. The summed E-state index contributed by atoms with van der Waals surface area (Å²) < 4.78 is 5.45. The van der Waals surface area contributed by atoms with Gasteiger partial charge in [0.05, 0.1) is 24.8 Å². The van der Waals surface area contributed by atoms with Crippen molar-refractivity contribution in [3.63, 3.8) is 0 Å². The molecule has 0 aromatic heterocycles. The van der Waals surface area contributed by atoms with Crippen LogP contribution in [0.5, 0.6) is 5.75 Å². The van der Waals surface area contributed by atoms with Crippen LogP contribution in [0.15, 0.2) is 48.5 Å². The van der Waals surface area contributed by atoms with E-state index in [2.05, 4.69) is 17.0 Å². The highest BCUT2D eigenvalue weighted by Gasteiger charge is 2.43. The zero-order chi connectivity index (χ0) is 21.8. The summed E-state index contributed by atoms with van der Waals surface area (Å²) in [4.78, 5) is 29.2. The Hall–Kier alpha value is -2.37. The Labute approximate surface area is 188 Å². The summed E-state index contributed by atoms with van der Waals surface area (Å²) in [6.07, 6.45) is 4.59. The molecule has 2 saturated heterocycles. The molecule has 0 saturated carbocycles. The number of halogens is 1. The lowest BCUT2D eigenvalue weighted by Gasteiger charge is -2.34. The number of amides is 2. The average Bonchev–Trinajstić information content (AvgIpc) is 3.08. The van der Waals surface area contributed by atoms with Gasteiger partial charge in [0.1, 0.15) is 5.75 Å². The molecule has 4 rings (SSSR count). The van der Waals surface area contributed by atoms with Gasteiger partial charge in [0, 0.05) is 5.02 Å². The molecule has 2 amide bonds. The molecular formula is C25H29ClN2O3. The average molecular weight is 441 g/mol. The summed E-state index contributed by atoms with van der Waals surface area (Å²) in [5.41, 5.74) is 1.94. The van der Waals surface area contributed by atoms with Crippen molar-refractivity contribution in [1.29, 1.82) is 0 Å². The summed E-state index contributed by atoms with van der Waals surface area (Å²) in [7, 11) is 0. The van der Waals surface area contributed by atoms with Gasteiger partial charge in [-0.25, -0.2) is 4.90 Å². The van der Waals surface area contributed by atoms with E-state index < -0.39 is 0 Å². The SMILES string of the molecule is CCOc1ccc(N2C(=O)CC(N3CCC(CCc4ccc(Cl)cc4)CC3)C2=O)cc1. The summed E-state index contributed by atoms with van der Waals surface area (Å²) in [5, 5.41) is 0.770. The number of hydrogen-bond donors (Lipinski definition) is 0. The van der Waals surface area contributed by atoms with Gasteiger partial charge in [-0.3, -0.25) is 14.5 Å². The van der Waals surface area contributed by atoms with Crippen molar-refractivity contribution in [1.82, 2.24) is 4.90 Å². The van der Waals surface area contributed by atoms with E-state index in [1.807, 2.05) is 19.1 Å². The highest BCUT2D eigenvalue weighted by Crippen LogP contribution is 2.30. The second kappa shape index (κ2) is 9.84. The van der Waals surface area contributed by atoms with Crippen LogP contribution in [0.3, 0.4) is 0 Å². The third kappa shape index (κ3) is 5.10. The first kappa shape index (κ1) is 21.8. The van der Waals surface area contributed by atoms with Gasteiger partial charge in [-0.2, -0.15) is 0 Å². The summed E-state index contributed by atoms with van der Waals surface area (Å²) in [6, 6.07) is 14.9. The van der Waals surface area contributed by atoms with Gasteiger partial charge in [0.2, 0.25) is 5.91 Å². The summed E-state index contributed by atoms with van der Waals surface area (Å²) in [5.74, 6) is 1.17. The molecule has 164 valence electrons. The first-order valence-corrected chi connectivity index (χ1v) is 11.5. The zero-order valence-corrected chi connectivity index (χ0v) is 18.7. The van der Waals surface area contributed by atoms with Gasteiger partial charge in [-0.15, -0.1) is 0 Å². The first-order chi connectivity index (χ1) is 15.0. The molecule has 0 spiro atoms. The fourth-order valence-corrected chi connectivity index (χ4v) is 4.73. The van der Waals surface area contributed by atoms with E-state index in [0.29, 0.717) is 18.2 Å². The maximum atomic E-state index is 13.1. The van der Waals surface area contributed by atoms with Crippen LogP contribution in [0.2, 0.25) is 5.02 Å². The number of anilines is 1. The first-order valence-electron chi connectivity index (χ1n) is 11.1. The third-order valence-electron chi connectivity index (χ3n) is 6.37. The number of rotatable bonds is 7. The van der Waals surface area contributed by atoms with Crippen molar-refractivity contribution in [3.8, 4) is 5.75 Å². The Kier molecular flexibility index (Phi) is 6.93. The Morgan fingerprint density at radius 1 is 1.00 bits per heavy atom. The number of piperidine rings is 1. The topological polar surface area (TPSA) is 49.9 Å². The van der Waals surface area contributed by atoms with Crippen LogP contribution in [-0.4, -0.2) is 42.5 Å². The summed E-state index contributed by atoms with van der Waals surface area (Å²) >= 11 is 5.96. The number of imide groups is 1. The van der Waals surface area contributed by atoms with Crippen LogP contribution in [0, 0.1) is 5.92 Å². The molecule has 6 heteroatoms. The second-order valence-corrected chi connectivity index (χ2v) is 8.80. The predicted molar refractivity (Wildman–Crippen MR) is 123 cm³/mol. The number of nitrogens with zero attached hydrogens (tertiary/aromatic N) is 2. The Morgan fingerprint density at radius 3 is 2.32 bits per heavy atom. The molecule has 0 aliphatic carbocycles. The minimum Gasteiger partial charge on any atom is -0.494 e. The molecule has 2 aromatic rings. The number of aryl methyl sites for hydroxylation is 1. The van der Waals surface area contributed by atoms with Gasteiger partial charge in [-0.05, 0) is 93.6 Å². The Morgan fingerprint density at radius 2 is 1.68 bits per heavy atom. The molecule has 1 atom stereocenters. The van der Waals surface area contributed by atoms with Gasteiger partial charge in [-0.1, -0.05) is 23.7 Å². The number of ether oxygens (including phenoxy) is 1. The van der Waals surface area contributed by atoms with Crippen molar-refractivity contribution < 1.29 is 14.3 Å². The molecule has 2 aliphatic rings. The van der Waals surface area contributed by atoms with Crippen LogP contribution < -0.4 is 9.64 Å². The molecule has 2 heterocycles. The minimum absolute atomic E-state index is 0.103. The lowest BCUT2D eigenvalue weighted by atomic mass is 9.90. The fraction of sp³-hybridized carbons (Fsp3) is 0.440. The standard InChI is InChI=1S/C25H29ClN2O3/c1-2-31-22-11-9-21(10-12-22)28-24(29)17-23(25(28)30)27-15-13-19(14-16-27)4-3-18-5-7-20(26)8-6-18/h5-12,19,23H,2-4,13-17H2,1H3. The van der Waals surface area contributed by atoms with Crippen LogP contribution in [0.1, 0.15) is 38.2 Å². The van der Waals surface area contributed by atoms with E-state index in [-0.39, 0.29) is 24.3 Å². The largest absolute Gasteiger partial charge is 0.494 e. The Balaban J connectivity index is 1.31. The quantitative estimate of drug-likeness (QED) is 0.585. The highest BCUT2D eigenvalue weighted by molar-refractivity contribution is 6.30. The molecule has 0 radical (unpaired) electrons. The van der Waals surface area contributed by atoms with E-state index in [1.54, 1.807) is 24.3 Å². The van der Waals surface area contributed by atoms with E-state index in [9.17, 15) is 9.59 Å². The molecular weight excluding hydrogens is 412 g/mol. The van der Waals surface area contributed by atoms with Gasteiger partial charge < -0.3 is 4.74 Å². The van der Waals surface area contributed by atoms with Crippen LogP contribution in [-0.2, 0) is 16.0 Å². The van der Waals surface area contributed by atoms with Crippen molar-refractivity contribution >= 4 is 29.1 Å². The fourth-order valence-electron chi connectivity index (χ4n) is 4.61. The maximum absolute atomic E-state index is 13.1. The minimum atomic E-state index is -0.337. The number of likely N-dealkylation sites (tertiary alicyclic amines) is 1. The molecule has 2 fully saturated rings. The van der Waals surface area contributed by atoms with Crippen LogP contribution in [0.25, 0.3) is 0 Å². The monoisotopic (exact) mass is 440 g/mol. The van der Waals surface area contributed by atoms with E-state index in [0.717, 1.165) is 49.5 Å². The Bertz CT molecular complexity index is 905. The zero-order valence-electron chi connectivity index (χ0n) is 17.9. The number of benzene rings is 2. The maximum Gasteiger partial charge on any atom is 0.251 e. The van der Waals surface area contributed by atoms with Crippen molar-refractivity contribution in [2.45, 2.75) is 45.1 Å². The number of carbonyl (C=O) groups is 2. The van der Waals surface area contributed by atoms with E-state index in [1.165, 1.54) is 10.5 Å². The molecule has 5 nitrogen and oxygen atoms in total. The van der Waals surface area contributed by atoms with Crippen molar-refractivity contribution in [2.75, 3.05) is 24.6 Å². The van der Waals surface area contributed by atoms with Crippen molar-refractivity contribution in [2.24, 2.45) is 5.92 Å². The molecule has 31 heavy (non-hydrogen) atoms.